The highest BCUT2D eigenvalue weighted by atomic mass is 32.2. The molecule has 1 aliphatic heterocycles. The summed E-state index contributed by atoms with van der Waals surface area (Å²) >= 11 is 1.87. The smallest absolute Gasteiger partial charge is 0.239 e. The van der Waals surface area contributed by atoms with E-state index >= 15 is 0 Å². The minimum absolute atomic E-state index is 0.0230. The Morgan fingerprint density at radius 2 is 2.00 bits per heavy atom. The van der Waals surface area contributed by atoms with Crippen LogP contribution in [0.15, 0.2) is 53.4 Å². The minimum atomic E-state index is 0.0230. The summed E-state index contributed by atoms with van der Waals surface area (Å²) in [5.41, 5.74) is 2.13. The molecule has 0 saturated heterocycles. The van der Waals surface area contributed by atoms with E-state index < -0.39 is 0 Å². The Morgan fingerprint density at radius 1 is 1.25 bits per heavy atom. The molecular formula is C19H22N2O2S. The molecule has 0 aliphatic carbocycles. The number of carbonyl (C=O) groups excluding carboxylic acids is 1. The van der Waals surface area contributed by atoms with E-state index in [-0.39, 0.29) is 5.91 Å². The molecule has 0 aromatic heterocycles. The molecule has 0 spiro atoms. The predicted octanol–water partition coefficient (Wildman–Crippen LogP) is 3.31. The van der Waals surface area contributed by atoms with E-state index in [9.17, 15) is 4.79 Å². The van der Waals surface area contributed by atoms with E-state index in [1.807, 2.05) is 48.2 Å². The van der Waals surface area contributed by atoms with Crippen LogP contribution in [0.2, 0.25) is 0 Å². The summed E-state index contributed by atoms with van der Waals surface area (Å²) < 4.78 is 5.32. The summed E-state index contributed by atoms with van der Waals surface area (Å²) in [6.07, 6.45) is 0. The first-order chi connectivity index (χ1) is 11.7. The van der Waals surface area contributed by atoms with Crippen molar-refractivity contribution in [2.75, 3.05) is 25.1 Å². The van der Waals surface area contributed by atoms with Gasteiger partial charge in [0.05, 0.1) is 19.3 Å². The standard InChI is InChI=1S/C19H22N2O2S/c1-14-12-21(16-8-4-6-10-18(16)24-14)13-19(22)20-11-15-7-3-5-9-17(15)23-2/h3-10,14H,11-13H2,1-2H3,(H,20,22)/t14-/m0/s1. The van der Waals surface area contributed by atoms with Crippen LogP contribution < -0.4 is 15.0 Å². The van der Waals surface area contributed by atoms with Crippen LogP contribution >= 0.6 is 11.8 Å². The molecule has 24 heavy (non-hydrogen) atoms. The van der Waals surface area contributed by atoms with E-state index in [1.165, 1.54) is 4.90 Å². The molecule has 126 valence electrons. The third-order valence-corrected chi connectivity index (χ3v) is 5.17. The molecule has 0 saturated carbocycles. The second-order valence-electron chi connectivity index (χ2n) is 5.87. The number of nitrogens with one attached hydrogen (secondary N) is 1. The maximum absolute atomic E-state index is 12.4. The van der Waals surface area contributed by atoms with E-state index in [0.29, 0.717) is 18.3 Å². The van der Waals surface area contributed by atoms with E-state index in [1.54, 1.807) is 7.11 Å². The van der Waals surface area contributed by atoms with Gasteiger partial charge in [-0.2, -0.15) is 0 Å². The Morgan fingerprint density at radius 3 is 2.83 bits per heavy atom. The fourth-order valence-electron chi connectivity index (χ4n) is 2.90. The second-order valence-corrected chi connectivity index (χ2v) is 7.35. The van der Waals surface area contributed by atoms with Crippen molar-refractivity contribution < 1.29 is 9.53 Å². The van der Waals surface area contributed by atoms with Gasteiger partial charge in [0.25, 0.3) is 0 Å². The highest BCUT2D eigenvalue weighted by Gasteiger charge is 2.23. The van der Waals surface area contributed by atoms with Crippen molar-refractivity contribution in [3.05, 3.63) is 54.1 Å². The summed E-state index contributed by atoms with van der Waals surface area (Å²) in [5.74, 6) is 0.820. The van der Waals surface area contributed by atoms with Gasteiger partial charge in [-0.3, -0.25) is 4.79 Å². The van der Waals surface area contributed by atoms with Gasteiger partial charge in [0.2, 0.25) is 5.91 Å². The zero-order valence-electron chi connectivity index (χ0n) is 14.0. The lowest BCUT2D eigenvalue weighted by Crippen LogP contribution is -2.41. The molecule has 1 N–H and O–H groups in total. The van der Waals surface area contributed by atoms with Crippen LogP contribution in [0.1, 0.15) is 12.5 Å². The van der Waals surface area contributed by atoms with E-state index in [2.05, 4.69) is 29.3 Å². The number of thioether (sulfide) groups is 1. The zero-order valence-corrected chi connectivity index (χ0v) is 14.8. The highest BCUT2D eigenvalue weighted by Crippen LogP contribution is 2.37. The van der Waals surface area contributed by atoms with Crippen molar-refractivity contribution in [1.29, 1.82) is 0 Å². The Labute approximate surface area is 147 Å². The number of anilines is 1. The number of methoxy groups -OCH3 is 1. The van der Waals surface area contributed by atoms with Crippen LogP contribution in [-0.4, -0.2) is 31.4 Å². The van der Waals surface area contributed by atoms with Crippen LogP contribution in [0.4, 0.5) is 5.69 Å². The van der Waals surface area contributed by atoms with Crippen molar-refractivity contribution >= 4 is 23.4 Å². The highest BCUT2D eigenvalue weighted by molar-refractivity contribution is 8.00. The lowest BCUT2D eigenvalue weighted by Gasteiger charge is -2.33. The molecule has 0 bridgehead atoms. The molecule has 5 heteroatoms. The lowest BCUT2D eigenvalue weighted by molar-refractivity contribution is -0.119. The van der Waals surface area contributed by atoms with Crippen LogP contribution in [0.5, 0.6) is 5.75 Å². The molecule has 0 unspecified atom stereocenters. The number of amides is 1. The molecule has 2 aromatic carbocycles. The summed E-state index contributed by atoms with van der Waals surface area (Å²) in [7, 11) is 1.64. The number of hydrogen-bond donors (Lipinski definition) is 1. The second kappa shape index (κ2) is 7.62. The summed E-state index contributed by atoms with van der Waals surface area (Å²) in [5, 5.41) is 3.47. The maximum Gasteiger partial charge on any atom is 0.239 e. The first-order valence-corrected chi connectivity index (χ1v) is 8.94. The molecular weight excluding hydrogens is 320 g/mol. The summed E-state index contributed by atoms with van der Waals surface area (Å²) in [6.45, 7) is 3.92. The van der Waals surface area contributed by atoms with Gasteiger partial charge in [-0.15, -0.1) is 11.8 Å². The minimum Gasteiger partial charge on any atom is -0.496 e. The molecule has 1 heterocycles. The first kappa shape index (κ1) is 16.7. The average molecular weight is 342 g/mol. The van der Waals surface area contributed by atoms with Crippen molar-refractivity contribution in [1.82, 2.24) is 5.32 Å². The maximum atomic E-state index is 12.4. The monoisotopic (exact) mass is 342 g/mol. The SMILES string of the molecule is COc1ccccc1CNC(=O)CN1C[C@H](C)Sc2ccccc21. The fourth-order valence-corrected chi connectivity index (χ4v) is 4.07. The zero-order chi connectivity index (χ0) is 16.9. The van der Waals surface area contributed by atoms with Gasteiger partial charge in [0.15, 0.2) is 0 Å². The number of rotatable bonds is 5. The van der Waals surface area contributed by atoms with Gasteiger partial charge < -0.3 is 15.0 Å². The van der Waals surface area contributed by atoms with Gasteiger partial charge in [-0.1, -0.05) is 37.3 Å². The predicted molar refractivity (Wildman–Crippen MR) is 98.8 cm³/mol. The largest absolute Gasteiger partial charge is 0.496 e. The quantitative estimate of drug-likeness (QED) is 0.905. The molecule has 1 amide bonds. The van der Waals surface area contributed by atoms with E-state index in [0.717, 1.165) is 23.5 Å². The number of carbonyl (C=O) groups is 1. The molecule has 1 atom stereocenters. The Kier molecular flexibility index (Phi) is 5.30. The molecule has 2 aromatic rings. The van der Waals surface area contributed by atoms with Crippen molar-refractivity contribution in [3.63, 3.8) is 0 Å². The number of para-hydroxylation sites is 2. The van der Waals surface area contributed by atoms with Crippen LogP contribution in [0, 0.1) is 0 Å². The third kappa shape index (κ3) is 3.85. The van der Waals surface area contributed by atoms with E-state index in [4.69, 9.17) is 4.74 Å². The van der Waals surface area contributed by atoms with Gasteiger partial charge in [-0.25, -0.2) is 0 Å². The van der Waals surface area contributed by atoms with Crippen LogP contribution in [0.3, 0.4) is 0 Å². The topological polar surface area (TPSA) is 41.6 Å². The Bertz CT molecular complexity index is 720. The third-order valence-electron chi connectivity index (χ3n) is 4.01. The Hall–Kier alpha value is -2.14. The Balaban J connectivity index is 1.63. The van der Waals surface area contributed by atoms with Crippen molar-refractivity contribution in [2.45, 2.75) is 23.6 Å². The van der Waals surface area contributed by atoms with Gasteiger partial charge in [0.1, 0.15) is 5.75 Å². The molecule has 3 rings (SSSR count). The average Bonchev–Trinajstić information content (AvgIpc) is 2.60. The van der Waals surface area contributed by atoms with Gasteiger partial charge >= 0.3 is 0 Å². The van der Waals surface area contributed by atoms with Crippen LogP contribution in [-0.2, 0) is 11.3 Å². The molecule has 0 radical (unpaired) electrons. The number of benzene rings is 2. The summed E-state index contributed by atoms with van der Waals surface area (Å²) in [6, 6.07) is 16.0. The number of hydrogen-bond acceptors (Lipinski definition) is 4. The van der Waals surface area contributed by atoms with Gasteiger partial charge in [0, 0.05) is 28.8 Å². The number of nitrogens with zero attached hydrogens (tertiary/aromatic N) is 1. The van der Waals surface area contributed by atoms with Crippen molar-refractivity contribution in [3.8, 4) is 5.75 Å². The summed E-state index contributed by atoms with van der Waals surface area (Å²) in [4.78, 5) is 15.8. The molecule has 1 aliphatic rings. The molecule has 4 nitrogen and oxygen atoms in total. The van der Waals surface area contributed by atoms with Crippen molar-refractivity contribution in [2.24, 2.45) is 0 Å². The fraction of sp³-hybridized carbons (Fsp3) is 0.316. The number of fused-ring (bicyclic) bond motifs is 1. The normalized spacial score (nSPS) is 16.4. The number of ether oxygens (including phenoxy) is 1. The first-order valence-electron chi connectivity index (χ1n) is 8.06. The van der Waals surface area contributed by atoms with Gasteiger partial charge in [-0.05, 0) is 18.2 Å². The van der Waals surface area contributed by atoms with Crippen LogP contribution in [0.25, 0.3) is 0 Å². The molecule has 0 fully saturated rings. The lowest BCUT2D eigenvalue weighted by atomic mass is 10.2.